The summed E-state index contributed by atoms with van der Waals surface area (Å²) in [4.78, 5) is 22.4. The van der Waals surface area contributed by atoms with E-state index in [4.69, 9.17) is 24.3 Å². The van der Waals surface area contributed by atoms with Crippen LogP contribution in [-0.2, 0) is 27.9 Å². The van der Waals surface area contributed by atoms with Crippen molar-refractivity contribution in [2.45, 2.75) is 168 Å². The number of unbranched alkanes of at least 4 members (excludes halogenated alkanes) is 15. The van der Waals surface area contributed by atoms with Crippen molar-refractivity contribution >= 4 is 13.8 Å². The second-order valence-corrected chi connectivity index (χ2v) is 14.6. The van der Waals surface area contributed by atoms with Gasteiger partial charge in [-0.3, -0.25) is 13.8 Å². The fourth-order valence-electron chi connectivity index (χ4n) is 5.26. The van der Waals surface area contributed by atoms with Crippen LogP contribution in [0.1, 0.15) is 162 Å². The zero-order valence-electron chi connectivity index (χ0n) is 32.6. The van der Waals surface area contributed by atoms with Crippen molar-refractivity contribution in [2.75, 3.05) is 33.0 Å². The minimum atomic E-state index is -4.28. The van der Waals surface area contributed by atoms with E-state index in [1.807, 2.05) is 0 Å². The van der Waals surface area contributed by atoms with Crippen LogP contribution in [-0.4, -0.2) is 49.9 Å². The Morgan fingerprint density at radius 3 is 1.65 bits per heavy atom. The molecule has 51 heavy (non-hydrogen) atoms. The van der Waals surface area contributed by atoms with E-state index in [-0.39, 0.29) is 32.3 Å². The lowest BCUT2D eigenvalue weighted by atomic mass is 10.1. The Hall–Kier alpha value is -1.80. The molecule has 2 unspecified atom stereocenters. The molecule has 296 valence electrons. The van der Waals surface area contributed by atoms with Crippen molar-refractivity contribution < 1.29 is 32.8 Å². The van der Waals surface area contributed by atoms with Gasteiger partial charge in [0.05, 0.1) is 19.8 Å². The van der Waals surface area contributed by atoms with Gasteiger partial charge in [-0.15, -0.1) is 0 Å². The van der Waals surface area contributed by atoms with E-state index in [2.05, 4.69) is 74.6 Å². The van der Waals surface area contributed by atoms with Crippen molar-refractivity contribution in [2.24, 2.45) is 5.73 Å². The molecule has 8 nitrogen and oxygen atoms in total. The fraction of sp³-hybridized carbons (Fsp3) is 0.738. The fourth-order valence-corrected chi connectivity index (χ4v) is 6.02. The van der Waals surface area contributed by atoms with Gasteiger partial charge >= 0.3 is 13.8 Å². The van der Waals surface area contributed by atoms with Crippen molar-refractivity contribution in [3.05, 3.63) is 60.8 Å². The smallest absolute Gasteiger partial charge is 0.457 e. The lowest BCUT2D eigenvalue weighted by Crippen LogP contribution is -2.28. The topological polar surface area (TPSA) is 117 Å². The van der Waals surface area contributed by atoms with Crippen molar-refractivity contribution in [3.63, 3.8) is 0 Å². The summed E-state index contributed by atoms with van der Waals surface area (Å²) >= 11 is 0. The van der Waals surface area contributed by atoms with Gasteiger partial charge < -0.3 is 20.1 Å². The van der Waals surface area contributed by atoms with Gasteiger partial charge in [0.2, 0.25) is 0 Å². The maximum atomic E-state index is 12.5. The normalized spacial score (nSPS) is 14.2. The second-order valence-electron chi connectivity index (χ2n) is 13.1. The number of hydrogen-bond acceptors (Lipinski definition) is 7. The van der Waals surface area contributed by atoms with E-state index in [1.165, 1.54) is 64.2 Å². The molecule has 0 aromatic carbocycles. The Bertz CT molecular complexity index is 963. The third-order valence-corrected chi connectivity index (χ3v) is 9.18. The summed E-state index contributed by atoms with van der Waals surface area (Å²) in [6, 6.07) is 0. The lowest BCUT2D eigenvalue weighted by Gasteiger charge is -2.20. The van der Waals surface area contributed by atoms with Gasteiger partial charge in [-0.1, -0.05) is 158 Å². The molecular weight excluding hydrogens is 661 g/mol. The zero-order valence-corrected chi connectivity index (χ0v) is 33.5. The van der Waals surface area contributed by atoms with E-state index in [0.717, 1.165) is 77.0 Å². The van der Waals surface area contributed by atoms with Gasteiger partial charge in [0.1, 0.15) is 6.10 Å². The lowest BCUT2D eigenvalue weighted by molar-refractivity contribution is -0.154. The summed E-state index contributed by atoms with van der Waals surface area (Å²) in [7, 11) is -4.28. The summed E-state index contributed by atoms with van der Waals surface area (Å²) in [6.07, 6.45) is 46.7. The molecule has 0 fully saturated rings. The highest BCUT2D eigenvalue weighted by Crippen LogP contribution is 2.43. The van der Waals surface area contributed by atoms with Crippen LogP contribution in [0, 0.1) is 0 Å². The van der Waals surface area contributed by atoms with E-state index < -0.39 is 13.9 Å². The number of ether oxygens (including phenoxy) is 2. The molecule has 0 heterocycles. The summed E-state index contributed by atoms with van der Waals surface area (Å²) < 4.78 is 33.3. The van der Waals surface area contributed by atoms with Crippen LogP contribution in [0.3, 0.4) is 0 Å². The third-order valence-electron chi connectivity index (χ3n) is 8.20. The number of nitrogens with two attached hydrogens (primary N) is 1. The number of esters is 1. The molecule has 0 saturated carbocycles. The molecule has 0 aliphatic carbocycles. The number of allylic oxidation sites excluding steroid dienone is 10. The monoisotopic (exact) mass is 738 g/mol. The SMILES string of the molecule is CC/C=C\C/C=C\C/C=C\C/C=C\C/C=C\CCCCCCCCOCC(COP(=O)(O)OCCN)OC(=O)CCCCCCCCCCCC. The molecular formula is C42H76NO7P. The Morgan fingerprint density at radius 2 is 1.10 bits per heavy atom. The van der Waals surface area contributed by atoms with E-state index >= 15 is 0 Å². The molecule has 0 bridgehead atoms. The first kappa shape index (κ1) is 49.2. The van der Waals surface area contributed by atoms with Crippen LogP contribution >= 0.6 is 7.82 Å². The molecule has 0 aromatic heterocycles. The van der Waals surface area contributed by atoms with Gasteiger partial charge in [-0.25, -0.2) is 4.57 Å². The molecule has 0 spiro atoms. The molecule has 0 aromatic rings. The maximum absolute atomic E-state index is 12.5. The first-order chi connectivity index (χ1) is 24.9. The first-order valence-electron chi connectivity index (χ1n) is 20.3. The van der Waals surface area contributed by atoms with Crippen LogP contribution in [0.2, 0.25) is 0 Å². The standard InChI is InChI=1S/C42H76NO7P/c1-3-5-7-9-11-13-15-16-17-18-19-20-21-22-23-24-25-26-28-30-32-34-37-47-39-41(40-49-51(45,46)48-38-36-43)50-42(44)35-33-31-29-27-14-12-10-8-6-4-2/h5,7,11,13,16-17,19-20,22-23,41H,3-4,6,8-10,12,14-15,18,21,24-40,43H2,1-2H3,(H,45,46)/b7-5-,13-11-,17-16-,20-19-,23-22-. The summed E-state index contributed by atoms with van der Waals surface area (Å²) in [5.74, 6) is -0.341. The van der Waals surface area contributed by atoms with Gasteiger partial charge in [0.25, 0.3) is 0 Å². The van der Waals surface area contributed by atoms with Crippen LogP contribution < -0.4 is 5.73 Å². The van der Waals surface area contributed by atoms with Crippen LogP contribution in [0.15, 0.2) is 60.8 Å². The van der Waals surface area contributed by atoms with Crippen LogP contribution in [0.5, 0.6) is 0 Å². The molecule has 9 heteroatoms. The van der Waals surface area contributed by atoms with Gasteiger partial charge in [0, 0.05) is 19.6 Å². The number of phosphoric acid groups is 1. The highest BCUT2D eigenvalue weighted by Gasteiger charge is 2.25. The number of carbonyl (C=O) groups is 1. The van der Waals surface area contributed by atoms with Crippen molar-refractivity contribution in [1.29, 1.82) is 0 Å². The summed E-state index contributed by atoms with van der Waals surface area (Å²) in [5.41, 5.74) is 5.35. The molecule has 0 aliphatic heterocycles. The first-order valence-corrected chi connectivity index (χ1v) is 21.8. The minimum Gasteiger partial charge on any atom is -0.457 e. The molecule has 0 saturated heterocycles. The predicted octanol–water partition coefficient (Wildman–Crippen LogP) is 11.8. The second kappa shape index (κ2) is 39.4. The number of carbonyl (C=O) groups excluding carboxylic acids is 1. The van der Waals surface area contributed by atoms with Gasteiger partial charge in [-0.2, -0.15) is 0 Å². The molecule has 2 atom stereocenters. The average molecular weight is 738 g/mol. The summed E-state index contributed by atoms with van der Waals surface area (Å²) in [5, 5.41) is 0. The van der Waals surface area contributed by atoms with Crippen molar-refractivity contribution in [3.8, 4) is 0 Å². The predicted molar refractivity (Wildman–Crippen MR) is 215 cm³/mol. The molecule has 0 amide bonds. The average Bonchev–Trinajstić information content (AvgIpc) is 3.12. The highest BCUT2D eigenvalue weighted by atomic mass is 31.2. The Kier molecular flexibility index (Phi) is 38.0. The number of hydrogen-bond donors (Lipinski definition) is 2. The van der Waals surface area contributed by atoms with Crippen LogP contribution in [0.25, 0.3) is 0 Å². The molecule has 0 aliphatic rings. The molecule has 0 rings (SSSR count). The van der Waals surface area contributed by atoms with Gasteiger partial charge in [-0.05, 0) is 57.8 Å². The largest absolute Gasteiger partial charge is 0.472 e. The quantitative estimate of drug-likeness (QED) is 0.0278. The van der Waals surface area contributed by atoms with E-state index in [1.54, 1.807) is 0 Å². The van der Waals surface area contributed by atoms with E-state index in [0.29, 0.717) is 13.0 Å². The van der Waals surface area contributed by atoms with Crippen LogP contribution in [0.4, 0.5) is 0 Å². The highest BCUT2D eigenvalue weighted by molar-refractivity contribution is 7.47. The zero-order chi connectivity index (χ0) is 37.4. The minimum absolute atomic E-state index is 0.0958. The maximum Gasteiger partial charge on any atom is 0.472 e. The third kappa shape index (κ3) is 39.2. The van der Waals surface area contributed by atoms with Crippen molar-refractivity contribution in [1.82, 2.24) is 0 Å². The van der Waals surface area contributed by atoms with Gasteiger partial charge in [0.15, 0.2) is 0 Å². The number of phosphoric ester groups is 1. The number of rotatable bonds is 38. The Balaban J connectivity index is 4.04. The Labute approximate surface area is 313 Å². The molecule has 0 radical (unpaired) electrons. The summed E-state index contributed by atoms with van der Waals surface area (Å²) in [6.45, 7) is 4.74. The molecule has 3 N–H and O–H groups in total. The van der Waals surface area contributed by atoms with E-state index in [9.17, 15) is 14.3 Å². The Morgan fingerprint density at radius 1 is 0.608 bits per heavy atom.